The second-order valence-electron chi connectivity index (χ2n) is 5.08. The molecular weight excluding hydrogens is 220 g/mol. The van der Waals surface area contributed by atoms with E-state index in [9.17, 15) is 5.11 Å². The van der Waals surface area contributed by atoms with Crippen molar-refractivity contribution in [2.24, 2.45) is 5.92 Å². The van der Waals surface area contributed by atoms with E-state index in [2.05, 4.69) is 23.4 Å². The Kier molecular flexibility index (Phi) is 3.92. The molecule has 90 valence electrons. The third-order valence-corrected chi connectivity index (χ3v) is 4.26. The first kappa shape index (κ1) is 12.0. The standard InChI is InChI=1S/C12H20N2OS/c1-8(2)11-12(16-14-13-11)10(15)7-9-5-3-4-6-9/h8-10,15H,3-7H2,1-2H3. The largest absolute Gasteiger partial charge is 0.387 e. The fourth-order valence-electron chi connectivity index (χ4n) is 2.50. The maximum atomic E-state index is 10.2. The quantitative estimate of drug-likeness (QED) is 0.878. The minimum atomic E-state index is -0.347. The number of hydrogen-bond acceptors (Lipinski definition) is 4. The van der Waals surface area contributed by atoms with E-state index >= 15 is 0 Å². The average molecular weight is 240 g/mol. The molecule has 1 N–H and O–H groups in total. The van der Waals surface area contributed by atoms with E-state index < -0.39 is 0 Å². The molecule has 1 atom stereocenters. The molecule has 1 unspecified atom stereocenters. The molecule has 0 amide bonds. The van der Waals surface area contributed by atoms with E-state index in [-0.39, 0.29) is 6.10 Å². The van der Waals surface area contributed by atoms with Gasteiger partial charge in [0.05, 0.1) is 16.7 Å². The Balaban J connectivity index is 2.01. The van der Waals surface area contributed by atoms with Gasteiger partial charge in [-0.2, -0.15) is 0 Å². The molecule has 0 saturated heterocycles. The zero-order chi connectivity index (χ0) is 11.5. The van der Waals surface area contributed by atoms with Crippen LogP contribution in [0.25, 0.3) is 0 Å². The molecule has 2 rings (SSSR count). The molecule has 0 bridgehead atoms. The van der Waals surface area contributed by atoms with E-state index in [0.717, 1.165) is 17.0 Å². The number of nitrogens with zero attached hydrogens (tertiary/aromatic N) is 2. The van der Waals surface area contributed by atoms with Crippen LogP contribution in [0.3, 0.4) is 0 Å². The molecule has 1 aliphatic rings. The summed E-state index contributed by atoms with van der Waals surface area (Å²) in [6.07, 6.45) is 5.76. The third-order valence-electron chi connectivity index (χ3n) is 3.42. The zero-order valence-corrected chi connectivity index (χ0v) is 10.8. The van der Waals surface area contributed by atoms with Crippen molar-refractivity contribution in [3.8, 4) is 0 Å². The van der Waals surface area contributed by atoms with Gasteiger partial charge in [-0.3, -0.25) is 0 Å². The van der Waals surface area contributed by atoms with Gasteiger partial charge < -0.3 is 5.11 Å². The lowest BCUT2D eigenvalue weighted by Crippen LogP contribution is -2.06. The molecule has 1 fully saturated rings. The highest BCUT2D eigenvalue weighted by Gasteiger charge is 2.24. The van der Waals surface area contributed by atoms with Crippen LogP contribution < -0.4 is 0 Å². The number of aliphatic hydroxyl groups is 1. The molecule has 1 aromatic heterocycles. The SMILES string of the molecule is CC(C)c1nnsc1C(O)CC1CCCC1. The first-order valence-corrected chi connectivity index (χ1v) is 6.96. The molecule has 3 nitrogen and oxygen atoms in total. The van der Waals surface area contributed by atoms with Crippen LogP contribution in [-0.4, -0.2) is 14.7 Å². The molecule has 4 heteroatoms. The van der Waals surface area contributed by atoms with Crippen LogP contribution in [0.4, 0.5) is 0 Å². The molecule has 0 radical (unpaired) electrons. The second kappa shape index (κ2) is 5.23. The van der Waals surface area contributed by atoms with Crippen molar-refractivity contribution in [3.05, 3.63) is 10.6 Å². The summed E-state index contributed by atoms with van der Waals surface area (Å²) in [5, 5.41) is 14.3. The summed E-state index contributed by atoms with van der Waals surface area (Å²) in [6.45, 7) is 4.20. The maximum absolute atomic E-state index is 10.2. The molecule has 16 heavy (non-hydrogen) atoms. The van der Waals surface area contributed by atoms with Crippen molar-refractivity contribution in [2.75, 3.05) is 0 Å². The van der Waals surface area contributed by atoms with Gasteiger partial charge in [0.25, 0.3) is 0 Å². The van der Waals surface area contributed by atoms with Crippen molar-refractivity contribution >= 4 is 11.5 Å². The monoisotopic (exact) mass is 240 g/mol. The molecule has 1 aromatic rings. The normalized spacial score (nSPS) is 19.5. The Morgan fingerprint density at radius 2 is 2.06 bits per heavy atom. The van der Waals surface area contributed by atoms with Crippen molar-refractivity contribution in [2.45, 2.75) is 58.0 Å². The molecule has 0 aromatic carbocycles. The van der Waals surface area contributed by atoms with Gasteiger partial charge in [0, 0.05) is 0 Å². The van der Waals surface area contributed by atoms with Crippen LogP contribution in [0.2, 0.25) is 0 Å². The summed E-state index contributed by atoms with van der Waals surface area (Å²) in [5.74, 6) is 1.06. The van der Waals surface area contributed by atoms with E-state index in [1.165, 1.54) is 37.2 Å². The van der Waals surface area contributed by atoms with Gasteiger partial charge in [-0.15, -0.1) is 5.10 Å². The van der Waals surface area contributed by atoms with Crippen LogP contribution in [0.1, 0.15) is 68.5 Å². The van der Waals surface area contributed by atoms with E-state index in [1.807, 2.05) is 0 Å². The molecule has 1 heterocycles. The number of hydrogen-bond donors (Lipinski definition) is 1. The lowest BCUT2D eigenvalue weighted by Gasteiger charge is -2.15. The first-order chi connectivity index (χ1) is 7.68. The number of aromatic nitrogens is 2. The Bertz CT molecular complexity index is 332. The second-order valence-corrected chi connectivity index (χ2v) is 5.86. The fourth-order valence-corrected chi connectivity index (χ4v) is 3.31. The van der Waals surface area contributed by atoms with Gasteiger partial charge in [-0.25, -0.2) is 0 Å². The summed E-state index contributed by atoms with van der Waals surface area (Å²) >= 11 is 1.36. The Morgan fingerprint density at radius 1 is 1.38 bits per heavy atom. The summed E-state index contributed by atoms with van der Waals surface area (Å²) in [6, 6.07) is 0. The highest BCUT2D eigenvalue weighted by atomic mass is 32.1. The van der Waals surface area contributed by atoms with Crippen molar-refractivity contribution < 1.29 is 5.11 Å². The smallest absolute Gasteiger partial charge is 0.0919 e. The van der Waals surface area contributed by atoms with Crippen molar-refractivity contribution in [1.82, 2.24) is 9.59 Å². The molecular formula is C12H20N2OS. The van der Waals surface area contributed by atoms with Crippen LogP contribution >= 0.6 is 11.5 Å². The van der Waals surface area contributed by atoms with Gasteiger partial charge in [0.15, 0.2) is 0 Å². The minimum absolute atomic E-state index is 0.347. The summed E-state index contributed by atoms with van der Waals surface area (Å²) in [5.41, 5.74) is 0.982. The van der Waals surface area contributed by atoms with Gasteiger partial charge in [0.2, 0.25) is 0 Å². The first-order valence-electron chi connectivity index (χ1n) is 6.18. The van der Waals surface area contributed by atoms with Crippen molar-refractivity contribution in [3.63, 3.8) is 0 Å². The van der Waals surface area contributed by atoms with Gasteiger partial charge in [-0.1, -0.05) is 44.0 Å². The maximum Gasteiger partial charge on any atom is 0.0919 e. The number of aliphatic hydroxyl groups excluding tert-OH is 1. The molecule has 1 saturated carbocycles. The summed E-state index contributed by atoms with van der Waals surface area (Å²) < 4.78 is 3.97. The Hall–Kier alpha value is -0.480. The highest BCUT2D eigenvalue weighted by Crippen LogP contribution is 2.35. The molecule has 0 aliphatic heterocycles. The third kappa shape index (κ3) is 2.61. The minimum Gasteiger partial charge on any atom is -0.387 e. The lowest BCUT2D eigenvalue weighted by atomic mass is 9.97. The Morgan fingerprint density at radius 3 is 2.69 bits per heavy atom. The van der Waals surface area contributed by atoms with Gasteiger partial charge in [0.1, 0.15) is 0 Å². The predicted molar refractivity (Wildman–Crippen MR) is 65.5 cm³/mol. The van der Waals surface area contributed by atoms with E-state index in [4.69, 9.17) is 0 Å². The van der Waals surface area contributed by atoms with Gasteiger partial charge in [-0.05, 0) is 29.8 Å². The van der Waals surface area contributed by atoms with E-state index in [1.54, 1.807) is 0 Å². The van der Waals surface area contributed by atoms with Crippen LogP contribution in [0.15, 0.2) is 0 Å². The molecule has 0 spiro atoms. The summed E-state index contributed by atoms with van der Waals surface area (Å²) in [4.78, 5) is 0.988. The summed E-state index contributed by atoms with van der Waals surface area (Å²) in [7, 11) is 0. The Labute approximate surface area is 101 Å². The van der Waals surface area contributed by atoms with Crippen molar-refractivity contribution in [1.29, 1.82) is 0 Å². The lowest BCUT2D eigenvalue weighted by molar-refractivity contribution is 0.147. The molecule has 1 aliphatic carbocycles. The number of rotatable bonds is 4. The van der Waals surface area contributed by atoms with Crippen LogP contribution in [0.5, 0.6) is 0 Å². The zero-order valence-electron chi connectivity index (χ0n) is 10.0. The highest BCUT2D eigenvalue weighted by molar-refractivity contribution is 7.05. The average Bonchev–Trinajstić information content (AvgIpc) is 2.86. The van der Waals surface area contributed by atoms with Crippen LogP contribution in [-0.2, 0) is 0 Å². The van der Waals surface area contributed by atoms with Crippen LogP contribution in [0, 0.1) is 5.92 Å². The predicted octanol–water partition coefficient (Wildman–Crippen LogP) is 3.28. The van der Waals surface area contributed by atoms with Gasteiger partial charge >= 0.3 is 0 Å². The topological polar surface area (TPSA) is 46.0 Å². The van der Waals surface area contributed by atoms with E-state index in [0.29, 0.717) is 11.8 Å². The fraction of sp³-hybridized carbons (Fsp3) is 0.833.